The van der Waals surface area contributed by atoms with Gasteiger partial charge in [-0.1, -0.05) is 25.9 Å². The van der Waals surface area contributed by atoms with Crippen LogP contribution in [0.3, 0.4) is 0 Å². The van der Waals surface area contributed by atoms with Crippen LogP contribution in [0, 0.1) is 6.92 Å². The molecule has 0 radical (unpaired) electrons. The van der Waals surface area contributed by atoms with Crippen LogP contribution in [0.15, 0.2) is 4.52 Å². The lowest BCUT2D eigenvalue weighted by molar-refractivity contribution is 0.0947. The Labute approximate surface area is 95.4 Å². The molecular formula is C12H18N2O2. The van der Waals surface area contributed by atoms with Gasteiger partial charge in [-0.2, -0.15) is 0 Å². The summed E-state index contributed by atoms with van der Waals surface area (Å²) >= 11 is 0. The molecular weight excluding hydrogens is 204 g/mol. The lowest BCUT2D eigenvalue weighted by Crippen LogP contribution is -2.28. The molecule has 1 fully saturated rings. The molecule has 1 saturated carbocycles. The van der Waals surface area contributed by atoms with Crippen LogP contribution in [-0.2, 0) is 5.41 Å². The normalized spacial score (nSPS) is 16.2. The van der Waals surface area contributed by atoms with Crippen molar-refractivity contribution in [2.45, 2.75) is 52.0 Å². The molecule has 0 atom stereocenters. The average Bonchev–Trinajstić information content (AvgIpc) is 2.85. The van der Waals surface area contributed by atoms with Gasteiger partial charge in [0.15, 0.2) is 0 Å². The van der Waals surface area contributed by atoms with E-state index in [1.807, 2.05) is 20.8 Å². The Morgan fingerprint density at radius 3 is 2.56 bits per heavy atom. The smallest absolute Gasteiger partial charge is 0.257 e. The largest absolute Gasteiger partial charge is 0.361 e. The van der Waals surface area contributed by atoms with Crippen LogP contribution < -0.4 is 5.32 Å². The first kappa shape index (κ1) is 11.2. The first-order chi connectivity index (χ1) is 7.39. The summed E-state index contributed by atoms with van der Waals surface area (Å²) in [7, 11) is 0. The third-order valence-corrected chi connectivity index (χ3v) is 2.71. The molecule has 2 rings (SSSR count). The van der Waals surface area contributed by atoms with E-state index in [0.717, 1.165) is 18.5 Å². The molecule has 0 aromatic carbocycles. The Morgan fingerprint density at radius 2 is 2.06 bits per heavy atom. The summed E-state index contributed by atoms with van der Waals surface area (Å²) in [5, 5.41) is 6.97. The average molecular weight is 222 g/mol. The van der Waals surface area contributed by atoms with Gasteiger partial charge in [0.05, 0.1) is 0 Å². The maximum atomic E-state index is 12.0. The van der Waals surface area contributed by atoms with Crippen molar-refractivity contribution in [3.8, 4) is 0 Å². The van der Waals surface area contributed by atoms with Crippen LogP contribution >= 0.6 is 0 Å². The van der Waals surface area contributed by atoms with Crippen molar-refractivity contribution >= 4 is 5.91 Å². The Kier molecular flexibility index (Phi) is 2.52. The van der Waals surface area contributed by atoms with E-state index in [9.17, 15) is 4.79 Å². The number of carbonyl (C=O) groups is 1. The zero-order valence-corrected chi connectivity index (χ0v) is 10.3. The zero-order valence-electron chi connectivity index (χ0n) is 10.3. The number of aryl methyl sites for hydroxylation is 1. The predicted molar refractivity (Wildman–Crippen MR) is 60.4 cm³/mol. The van der Waals surface area contributed by atoms with E-state index in [-0.39, 0.29) is 11.3 Å². The molecule has 4 nitrogen and oxygen atoms in total. The van der Waals surface area contributed by atoms with Crippen molar-refractivity contribution < 1.29 is 9.32 Å². The molecule has 0 bridgehead atoms. The highest BCUT2D eigenvalue weighted by Gasteiger charge is 2.31. The molecule has 1 aromatic heterocycles. The minimum absolute atomic E-state index is 0.0498. The van der Waals surface area contributed by atoms with E-state index in [4.69, 9.17) is 4.52 Å². The van der Waals surface area contributed by atoms with Crippen molar-refractivity contribution in [2.24, 2.45) is 0 Å². The number of amides is 1. The second-order valence-electron chi connectivity index (χ2n) is 5.46. The van der Waals surface area contributed by atoms with E-state index in [1.165, 1.54) is 0 Å². The van der Waals surface area contributed by atoms with Gasteiger partial charge in [-0.25, -0.2) is 0 Å². The van der Waals surface area contributed by atoms with Gasteiger partial charge < -0.3 is 9.84 Å². The van der Waals surface area contributed by atoms with Gasteiger partial charge in [0, 0.05) is 11.5 Å². The van der Waals surface area contributed by atoms with Crippen molar-refractivity contribution in [1.82, 2.24) is 10.5 Å². The fraction of sp³-hybridized carbons (Fsp3) is 0.667. The minimum Gasteiger partial charge on any atom is -0.361 e. The van der Waals surface area contributed by atoms with Gasteiger partial charge >= 0.3 is 0 Å². The summed E-state index contributed by atoms with van der Waals surface area (Å²) in [5.41, 5.74) is 1.18. The lowest BCUT2D eigenvalue weighted by atomic mass is 9.88. The van der Waals surface area contributed by atoms with Gasteiger partial charge in [0.1, 0.15) is 17.0 Å². The van der Waals surface area contributed by atoms with Crippen LogP contribution in [0.4, 0.5) is 0 Å². The molecule has 88 valence electrons. The monoisotopic (exact) mass is 222 g/mol. The molecule has 1 aliphatic rings. The van der Waals surface area contributed by atoms with Gasteiger partial charge in [-0.05, 0) is 19.8 Å². The molecule has 1 amide bonds. The molecule has 0 aliphatic heterocycles. The number of nitrogens with zero attached hydrogens (tertiary/aromatic N) is 1. The van der Waals surface area contributed by atoms with E-state index < -0.39 is 0 Å². The highest BCUT2D eigenvalue weighted by molar-refractivity contribution is 5.96. The second-order valence-corrected chi connectivity index (χ2v) is 5.46. The molecule has 0 unspecified atom stereocenters. The Bertz CT molecular complexity index is 411. The number of aromatic nitrogens is 1. The maximum absolute atomic E-state index is 12.0. The van der Waals surface area contributed by atoms with Crippen LogP contribution in [-0.4, -0.2) is 17.1 Å². The number of rotatable bonds is 2. The summed E-state index contributed by atoms with van der Waals surface area (Å²) < 4.78 is 5.13. The van der Waals surface area contributed by atoms with Crippen molar-refractivity contribution in [3.63, 3.8) is 0 Å². The van der Waals surface area contributed by atoms with Crippen LogP contribution in [0.2, 0.25) is 0 Å². The summed E-state index contributed by atoms with van der Waals surface area (Å²) in [6.45, 7) is 7.86. The summed E-state index contributed by atoms with van der Waals surface area (Å²) in [4.78, 5) is 12.0. The molecule has 0 saturated heterocycles. The Balaban J connectivity index is 2.30. The van der Waals surface area contributed by atoms with Gasteiger partial charge in [-0.3, -0.25) is 4.79 Å². The maximum Gasteiger partial charge on any atom is 0.257 e. The Morgan fingerprint density at radius 1 is 1.44 bits per heavy atom. The number of hydrogen-bond donors (Lipinski definition) is 1. The summed E-state index contributed by atoms with van der Waals surface area (Å²) in [6.07, 6.45) is 2.17. The van der Waals surface area contributed by atoms with Crippen LogP contribution in [0.5, 0.6) is 0 Å². The molecule has 1 heterocycles. The standard InChI is InChI=1S/C12H18N2O2/c1-7-9(11(15)13-8-5-6-8)10(14-16-7)12(2,3)4/h8H,5-6H2,1-4H3,(H,13,15). The van der Waals surface area contributed by atoms with E-state index in [2.05, 4.69) is 10.5 Å². The second kappa shape index (κ2) is 3.61. The molecule has 1 aliphatic carbocycles. The van der Waals surface area contributed by atoms with E-state index in [1.54, 1.807) is 6.92 Å². The summed E-state index contributed by atoms with van der Waals surface area (Å²) in [5.74, 6) is 0.550. The van der Waals surface area contributed by atoms with E-state index in [0.29, 0.717) is 17.4 Å². The number of carbonyl (C=O) groups excluding carboxylic acids is 1. The van der Waals surface area contributed by atoms with Gasteiger partial charge in [-0.15, -0.1) is 0 Å². The first-order valence-corrected chi connectivity index (χ1v) is 5.67. The predicted octanol–water partition coefficient (Wildman–Crippen LogP) is 2.17. The molecule has 16 heavy (non-hydrogen) atoms. The van der Waals surface area contributed by atoms with Gasteiger partial charge in [0.25, 0.3) is 5.91 Å². The molecule has 0 spiro atoms. The van der Waals surface area contributed by atoms with Crippen molar-refractivity contribution in [1.29, 1.82) is 0 Å². The summed E-state index contributed by atoms with van der Waals surface area (Å²) in [6, 6.07) is 0.356. The van der Waals surface area contributed by atoms with Crippen molar-refractivity contribution in [3.05, 3.63) is 17.0 Å². The highest BCUT2D eigenvalue weighted by Crippen LogP contribution is 2.28. The third kappa shape index (κ3) is 2.10. The van der Waals surface area contributed by atoms with Crippen molar-refractivity contribution in [2.75, 3.05) is 0 Å². The van der Waals surface area contributed by atoms with Crippen LogP contribution in [0.1, 0.15) is 55.4 Å². The molecule has 4 heteroatoms. The topological polar surface area (TPSA) is 55.1 Å². The number of nitrogens with one attached hydrogen (secondary N) is 1. The van der Waals surface area contributed by atoms with Crippen LogP contribution in [0.25, 0.3) is 0 Å². The number of hydrogen-bond acceptors (Lipinski definition) is 3. The SMILES string of the molecule is Cc1onc(C(C)(C)C)c1C(=O)NC1CC1. The first-order valence-electron chi connectivity index (χ1n) is 5.67. The fourth-order valence-corrected chi connectivity index (χ4v) is 1.64. The Hall–Kier alpha value is -1.32. The third-order valence-electron chi connectivity index (χ3n) is 2.71. The van der Waals surface area contributed by atoms with Gasteiger partial charge in [0.2, 0.25) is 0 Å². The molecule has 1 aromatic rings. The lowest BCUT2D eigenvalue weighted by Gasteiger charge is -2.16. The van der Waals surface area contributed by atoms with E-state index >= 15 is 0 Å². The highest BCUT2D eigenvalue weighted by atomic mass is 16.5. The fourth-order valence-electron chi connectivity index (χ4n) is 1.64. The zero-order chi connectivity index (χ0) is 11.9. The minimum atomic E-state index is -0.173. The quantitative estimate of drug-likeness (QED) is 0.834. The molecule has 1 N–H and O–H groups in total.